The number of allylic oxidation sites excluding steroid dienone is 7. The highest BCUT2D eigenvalue weighted by Crippen LogP contribution is 2.39. The van der Waals surface area contributed by atoms with Gasteiger partial charge < -0.3 is 16.0 Å². The van der Waals surface area contributed by atoms with Crippen LogP contribution in [0.2, 0.25) is 0 Å². The summed E-state index contributed by atoms with van der Waals surface area (Å²) in [6.07, 6.45) is 20.3. The average molecular weight is 699 g/mol. The van der Waals surface area contributed by atoms with Crippen LogP contribution in [-0.2, 0) is 4.79 Å². The highest BCUT2D eigenvalue weighted by atomic mass is 16.2. The molecule has 3 aliphatic rings. The second-order valence-corrected chi connectivity index (χ2v) is 12.8. The number of carbonyl (C=O) groups excluding carboxylic acids is 2. The van der Waals surface area contributed by atoms with E-state index in [9.17, 15) is 9.59 Å². The van der Waals surface area contributed by atoms with Crippen molar-refractivity contribution in [3.8, 4) is 0 Å². The number of para-hydroxylation sites is 2. The molecule has 0 radical (unpaired) electrons. The van der Waals surface area contributed by atoms with Gasteiger partial charge >= 0.3 is 6.03 Å². The van der Waals surface area contributed by atoms with E-state index < -0.39 is 0 Å². The van der Waals surface area contributed by atoms with Gasteiger partial charge in [0, 0.05) is 34.1 Å². The molecule has 2 atom stereocenters. The van der Waals surface area contributed by atoms with E-state index in [4.69, 9.17) is 0 Å². The van der Waals surface area contributed by atoms with Crippen LogP contribution in [-0.4, -0.2) is 24.5 Å². The van der Waals surface area contributed by atoms with E-state index in [0.29, 0.717) is 0 Å². The van der Waals surface area contributed by atoms with E-state index in [0.717, 1.165) is 76.2 Å². The molecule has 0 saturated carbocycles. The molecule has 7 rings (SSSR count). The van der Waals surface area contributed by atoms with Gasteiger partial charge in [0.1, 0.15) is 0 Å². The van der Waals surface area contributed by atoms with Crippen LogP contribution < -0.4 is 30.7 Å². The summed E-state index contributed by atoms with van der Waals surface area (Å²) in [6, 6.07) is 35.3. The zero-order valence-electron chi connectivity index (χ0n) is 29.6. The number of nitrogens with zero attached hydrogens (tertiary/aromatic N) is 3. The van der Waals surface area contributed by atoms with E-state index in [1.54, 1.807) is 11.0 Å². The number of nitrogens with one attached hydrogen (secondary N) is 3. The van der Waals surface area contributed by atoms with Crippen LogP contribution in [0.1, 0.15) is 19.8 Å². The van der Waals surface area contributed by atoms with Gasteiger partial charge in [-0.25, -0.2) is 4.79 Å². The second-order valence-electron chi connectivity index (χ2n) is 12.8. The molecule has 1 heterocycles. The van der Waals surface area contributed by atoms with Gasteiger partial charge in [-0.3, -0.25) is 19.5 Å². The molecule has 53 heavy (non-hydrogen) atoms. The summed E-state index contributed by atoms with van der Waals surface area (Å²) in [4.78, 5) is 31.4. The van der Waals surface area contributed by atoms with Crippen LogP contribution in [0.4, 0.5) is 38.9 Å². The molecule has 1 aliphatic heterocycles. The summed E-state index contributed by atoms with van der Waals surface area (Å²) < 4.78 is 0. The van der Waals surface area contributed by atoms with Crippen LogP contribution in [0.5, 0.6) is 0 Å². The quantitative estimate of drug-likeness (QED) is 0.0957. The van der Waals surface area contributed by atoms with Crippen molar-refractivity contribution in [3.05, 3.63) is 193 Å². The number of rotatable bonds is 13. The fourth-order valence-corrected chi connectivity index (χ4v) is 6.88. The van der Waals surface area contributed by atoms with Crippen molar-refractivity contribution in [2.75, 3.05) is 30.7 Å². The smallest absolute Gasteiger partial charge is 0.334 e. The fraction of sp³-hybridized carbons (Fsp3) is 0.111. The summed E-state index contributed by atoms with van der Waals surface area (Å²) in [5, 5.41) is 10.7. The number of benzene rings is 4. The molecule has 2 aliphatic carbocycles. The van der Waals surface area contributed by atoms with Crippen molar-refractivity contribution in [2.24, 2.45) is 0 Å². The molecule has 4 aromatic carbocycles. The molecule has 1 fully saturated rings. The predicted molar refractivity (Wildman–Crippen MR) is 219 cm³/mol. The second kappa shape index (κ2) is 16.0. The molecule has 1 saturated heterocycles. The zero-order chi connectivity index (χ0) is 36.6. The lowest BCUT2D eigenvalue weighted by molar-refractivity contribution is -0.107. The van der Waals surface area contributed by atoms with Crippen LogP contribution in [0, 0.1) is 0 Å². The zero-order valence-corrected chi connectivity index (χ0v) is 29.6. The van der Waals surface area contributed by atoms with Gasteiger partial charge in [-0.1, -0.05) is 79.4 Å². The predicted octanol–water partition coefficient (Wildman–Crippen LogP) is 10.1. The summed E-state index contributed by atoms with van der Waals surface area (Å²) in [5.74, 6) is 0. The van der Waals surface area contributed by atoms with Crippen LogP contribution >= 0.6 is 0 Å². The number of amides is 3. The average Bonchev–Trinajstić information content (AvgIpc) is 3.51. The first-order chi connectivity index (χ1) is 26.1. The highest BCUT2D eigenvalue weighted by Gasteiger charge is 2.43. The Bertz CT molecular complexity index is 2130. The molecule has 0 bridgehead atoms. The Labute approximate surface area is 311 Å². The molecule has 3 amide bonds. The van der Waals surface area contributed by atoms with Gasteiger partial charge in [-0.05, 0) is 111 Å². The monoisotopic (exact) mass is 698 g/mol. The van der Waals surface area contributed by atoms with Crippen molar-refractivity contribution in [2.45, 2.75) is 31.8 Å². The molecular weight excluding hydrogens is 657 g/mol. The summed E-state index contributed by atoms with van der Waals surface area (Å²) in [5.41, 5.74) is 8.83. The lowest BCUT2D eigenvalue weighted by Crippen LogP contribution is -2.34. The topological polar surface area (TPSA) is 80.0 Å². The maximum absolute atomic E-state index is 13.9. The highest BCUT2D eigenvalue weighted by molar-refractivity contribution is 6.10. The van der Waals surface area contributed by atoms with E-state index in [2.05, 4.69) is 34.7 Å². The molecule has 3 N–H and O–H groups in total. The minimum atomic E-state index is -0.0718. The molecule has 0 spiro atoms. The first-order valence-corrected chi connectivity index (χ1v) is 17.8. The lowest BCUT2D eigenvalue weighted by atomic mass is 10.0. The normalized spacial score (nSPS) is 18.2. The standard InChI is InChI=1S/C45H42N6O2/c1-3-15-40(47-35-28-30-38(31-29-35)51-44-23-14-13-22-43(44)50(45(51)53)37-18-9-6-10-19-37)39(4-2)46-33-24-26-34(27-25-33)48-41-20-11-12-21-42(41)49(32-52)36-16-7-5-8-17-36/h3-19,21-22,24-32,41,44,46-48H,1,20,23H2,2H3/b39-4+,40-15+. The number of fused-ring (bicyclic) bond motifs is 1. The maximum Gasteiger partial charge on any atom is 0.334 e. The fourth-order valence-electron chi connectivity index (χ4n) is 6.88. The number of urea groups is 1. The number of hydrogen-bond donors (Lipinski definition) is 3. The third-order valence-electron chi connectivity index (χ3n) is 9.43. The summed E-state index contributed by atoms with van der Waals surface area (Å²) >= 11 is 0. The van der Waals surface area contributed by atoms with Gasteiger partial charge in [0.2, 0.25) is 6.41 Å². The van der Waals surface area contributed by atoms with E-state index in [-0.39, 0.29) is 18.1 Å². The van der Waals surface area contributed by atoms with Crippen LogP contribution in [0.25, 0.3) is 0 Å². The molecule has 8 nitrogen and oxygen atoms in total. The van der Waals surface area contributed by atoms with Crippen molar-refractivity contribution < 1.29 is 9.59 Å². The molecule has 0 aromatic heterocycles. The third-order valence-corrected chi connectivity index (χ3v) is 9.43. The summed E-state index contributed by atoms with van der Waals surface area (Å²) in [6.45, 7) is 5.93. The lowest BCUT2D eigenvalue weighted by Gasteiger charge is -2.30. The first-order valence-electron chi connectivity index (χ1n) is 17.8. The molecule has 2 unspecified atom stereocenters. The Balaban J connectivity index is 1.02. The van der Waals surface area contributed by atoms with Crippen LogP contribution in [0.15, 0.2) is 193 Å². The van der Waals surface area contributed by atoms with Crippen molar-refractivity contribution in [3.63, 3.8) is 0 Å². The largest absolute Gasteiger partial charge is 0.376 e. The number of hydrogen-bond acceptors (Lipinski definition) is 5. The van der Waals surface area contributed by atoms with Gasteiger partial charge in [-0.2, -0.15) is 0 Å². The Morgan fingerprint density at radius 3 is 2.06 bits per heavy atom. The first kappa shape index (κ1) is 34.6. The van der Waals surface area contributed by atoms with Crippen LogP contribution in [0.3, 0.4) is 0 Å². The van der Waals surface area contributed by atoms with Gasteiger partial charge in [-0.15, -0.1) is 0 Å². The number of anilines is 6. The van der Waals surface area contributed by atoms with E-state index >= 15 is 0 Å². The Kier molecular flexibility index (Phi) is 10.5. The number of carbonyl (C=O) groups is 2. The Morgan fingerprint density at radius 1 is 0.755 bits per heavy atom. The maximum atomic E-state index is 13.9. The Morgan fingerprint density at radius 2 is 1.38 bits per heavy atom. The molecule has 264 valence electrons. The van der Waals surface area contributed by atoms with Gasteiger partial charge in [0.15, 0.2) is 0 Å². The minimum absolute atomic E-state index is 0.0617. The van der Waals surface area contributed by atoms with E-state index in [1.807, 2.05) is 162 Å². The van der Waals surface area contributed by atoms with Crippen molar-refractivity contribution in [1.82, 2.24) is 0 Å². The van der Waals surface area contributed by atoms with Gasteiger partial charge in [0.05, 0.1) is 34.9 Å². The Hall–Kier alpha value is -6.80. The SMILES string of the molecule is C=C/C=C(Nc1ccc(N2C(=O)N(c3ccccc3)C3=CC=CCC32)cc1)\C(=C/C)Nc1ccc(NC2CC=CC=C2N(C=O)c2ccccc2)cc1. The molecule has 8 heteroatoms. The van der Waals surface area contributed by atoms with Gasteiger partial charge in [0.25, 0.3) is 0 Å². The minimum Gasteiger partial charge on any atom is -0.376 e. The van der Waals surface area contributed by atoms with Crippen molar-refractivity contribution >= 4 is 46.6 Å². The molecular formula is C45H42N6O2. The summed E-state index contributed by atoms with van der Waals surface area (Å²) in [7, 11) is 0. The van der Waals surface area contributed by atoms with E-state index in [1.165, 1.54) is 0 Å². The molecule has 4 aromatic rings. The van der Waals surface area contributed by atoms with Crippen molar-refractivity contribution in [1.29, 1.82) is 0 Å². The third kappa shape index (κ3) is 7.48.